The van der Waals surface area contributed by atoms with Gasteiger partial charge >= 0.3 is 0 Å². The molecule has 0 radical (unpaired) electrons. The average Bonchev–Trinajstić information content (AvgIpc) is 2.50. The fraction of sp³-hybridized carbons (Fsp3) is 0.824. The Morgan fingerprint density at radius 3 is 2.50 bits per heavy atom. The number of aromatic nitrogens is 1. The van der Waals surface area contributed by atoms with Crippen LogP contribution in [0.1, 0.15) is 68.5 Å². The quantitative estimate of drug-likeness (QED) is 0.808. The average molecular weight is 295 g/mol. The minimum absolute atomic E-state index is 0.0310. The van der Waals surface area contributed by atoms with Gasteiger partial charge in [-0.3, -0.25) is 0 Å². The van der Waals surface area contributed by atoms with Crippen molar-refractivity contribution in [2.45, 2.75) is 78.7 Å². The fourth-order valence-corrected chi connectivity index (χ4v) is 4.48. The molecule has 2 nitrogen and oxygen atoms in total. The van der Waals surface area contributed by atoms with E-state index in [1.54, 1.807) is 0 Å². The highest BCUT2D eigenvalue weighted by Crippen LogP contribution is 2.40. The second-order valence-electron chi connectivity index (χ2n) is 7.78. The zero-order valence-corrected chi connectivity index (χ0v) is 14.6. The van der Waals surface area contributed by atoms with Crippen LogP contribution in [-0.2, 0) is 6.42 Å². The first-order valence-corrected chi connectivity index (χ1v) is 8.73. The van der Waals surface area contributed by atoms with Crippen LogP contribution >= 0.6 is 11.3 Å². The lowest BCUT2D eigenvalue weighted by Gasteiger charge is -2.31. The summed E-state index contributed by atoms with van der Waals surface area (Å²) in [4.78, 5) is 6.02. The largest absolute Gasteiger partial charge is 0.325 e. The minimum atomic E-state index is -0.0310. The number of rotatable bonds is 2. The van der Waals surface area contributed by atoms with Gasteiger partial charge < -0.3 is 5.73 Å². The Morgan fingerprint density at radius 1 is 1.25 bits per heavy atom. The molecule has 2 rings (SSSR count). The van der Waals surface area contributed by atoms with E-state index < -0.39 is 0 Å². The standard InChI is InChI=1S/C17H30N2S/c1-12-13(2)20-15(19-12)11-17(18)9-6-7-14(8-10-17)16(3,4)5/h14H,6-11,18H2,1-5H3. The summed E-state index contributed by atoms with van der Waals surface area (Å²) in [5.74, 6) is 0.813. The van der Waals surface area contributed by atoms with E-state index in [9.17, 15) is 0 Å². The van der Waals surface area contributed by atoms with Crippen molar-refractivity contribution in [1.82, 2.24) is 4.98 Å². The van der Waals surface area contributed by atoms with E-state index in [0.29, 0.717) is 5.41 Å². The molecular formula is C17H30N2S. The second-order valence-corrected chi connectivity index (χ2v) is 9.07. The number of hydrogen-bond donors (Lipinski definition) is 1. The van der Waals surface area contributed by atoms with E-state index in [2.05, 4.69) is 39.6 Å². The summed E-state index contributed by atoms with van der Waals surface area (Å²) in [6.07, 6.45) is 7.12. The van der Waals surface area contributed by atoms with Crippen LogP contribution in [0.5, 0.6) is 0 Å². The van der Waals surface area contributed by atoms with Crippen LogP contribution in [0, 0.1) is 25.2 Å². The molecule has 1 aliphatic rings. The summed E-state index contributed by atoms with van der Waals surface area (Å²) < 4.78 is 0. The van der Waals surface area contributed by atoms with E-state index in [1.165, 1.54) is 34.8 Å². The van der Waals surface area contributed by atoms with Crippen LogP contribution in [0.15, 0.2) is 0 Å². The molecule has 0 aromatic carbocycles. The van der Waals surface area contributed by atoms with Gasteiger partial charge in [-0.25, -0.2) is 4.98 Å². The van der Waals surface area contributed by atoms with E-state index in [0.717, 1.165) is 25.2 Å². The number of nitrogens with two attached hydrogens (primary N) is 1. The lowest BCUT2D eigenvalue weighted by Crippen LogP contribution is -2.41. The van der Waals surface area contributed by atoms with Gasteiger partial charge in [0.15, 0.2) is 0 Å². The zero-order valence-electron chi connectivity index (χ0n) is 13.8. The summed E-state index contributed by atoms with van der Waals surface area (Å²) in [5, 5.41) is 1.23. The van der Waals surface area contributed by atoms with Gasteiger partial charge in [-0.15, -0.1) is 11.3 Å². The maximum Gasteiger partial charge on any atom is 0.0949 e. The van der Waals surface area contributed by atoms with Gasteiger partial charge in [0.05, 0.1) is 10.7 Å². The first-order valence-electron chi connectivity index (χ1n) is 7.91. The number of aryl methyl sites for hydroxylation is 2. The molecule has 2 unspecified atom stereocenters. The highest BCUT2D eigenvalue weighted by molar-refractivity contribution is 7.11. The van der Waals surface area contributed by atoms with Crippen LogP contribution in [0.2, 0.25) is 0 Å². The molecule has 2 N–H and O–H groups in total. The minimum Gasteiger partial charge on any atom is -0.325 e. The van der Waals surface area contributed by atoms with Gasteiger partial charge in [-0.1, -0.05) is 27.2 Å². The third kappa shape index (κ3) is 3.82. The van der Waals surface area contributed by atoms with Crippen molar-refractivity contribution >= 4 is 11.3 Å². The van der Waals surface area contributed by atoms with Gasteiger partial charge in [0.1, 0.15) is 0 Å². The Hall–Kier alpha value is -0.410. The highest BCUT2D eigenvalue weighted by atomic mass is 32.1. The monoisotopic (exact) mass is 294 g/mol. The Bertz CT molecular complexity index is 439. The van der Waals surface area contributed by atoms with Crippen molar-refractivity contribution in [3.63, 3.8) is 0 Å². The van der Waals surface area contributed by atoms with Crippen molar-refractivity contribution in [1.29, 1.82) is 0 Å². The van der Waals surface area contributed by atoms with Gasteiger partial charge in [0.2, 0.25) is 0 Å². The second kappa shape index (κ2) is 5.76. The van der Waals surface area contributed by atoms with E-state index in [4.69, 9.17) is 5.73 Å². The normalized spacial score (nSPS) is 28.4. The highest BCUT2D eigenvalue weighted by Gasteiger charge is 2.34. The molecule has 3 heteroatoms. The SMILES string of the molecule is Cc1nc(CC2(N)CCCC(C(C)(C)C)CC2)sc1C. The van der Waals surface area contributed by atoms with Crippen LogP contribution in [-0.4, -0.2) is 10.5 Å². The van der Waals surface area contributed by atoms with Crippen molar-refractivity contribution in [2.24, 2.45) is 17.1 Å². The summed E-state index contributed by atoms with van der Waals surface area (Å²) in [6, 6.07) is 0. The molecule has 2 atom stereocenters. The lowest BCUT2D eigenvalue weighted by molar-refractivity contribution is 0.210. The third-order valence-electron chi connectivity index (χ3n) is 5.02. The number of thiazole rings is 1. The molecule has 0 spiro atoms. The molecule has 1 heterocycles. The molecule has 1 aliphatic carbocycles. The summed E-state index contributed by atoms with van der Waals surface area (Å²) in [6.45, 7) is 11.4. The molecule has 1 saturated carbocycles. The first-order chi connectivity index (χ1) is 9.20. The smallest absolute Gasteiger partial charge is 0.0949 e. The van der Waals surface area contributed by atoms with Gasteiger partial charge in [-0.05, 0) is 50.9 Å². The van der Waals surface area contributed by atoms with E-state index in [-0.39, 0.29) is 5.54 Å². The predicted molar refractivity (Wildman–Crippen MR) is 88.2 cm³/mol. The van der Waals surface area contributed by atoms with Crippen LogP contribution in [0.3, 0.4) is 0 Å². The van der Waals surface area contributed by atoms with Gasteiger partial charge in [0, 0.05) is 16.8 Å². The Morgan fingerprint density at radius 2 is 1.95 bits per heavy atom. The molecule has 0 bridgehead atoms. The first kappa shape index (κ1) is 16.0. The van der Waals surface area contributed by atoms with Crippen molar-refractivity contribution in [2.75, 3.05) is 0 Å². The van der Waals surface area contributed by atoms with Gasteiger partial charge in [-0.2, -0.15) is 0 Å². The fourth-order valence-electron chi connectivity index (χ4n) is 3.39. The lowest BCUT2D eigenvalue weighted by atomic mass is 9.76. The van der Waals surface area contributed by atoms with Crippen molar-refractivity contribution < 1.29 is 0 Å². The maximum atomic E-state index is 6.72. The molecular weight excluding hydrogens is 264 g/mol. The molecule has 0 amide bonds. The Balaban J connectivity index is 2.04. The molecule has 1 aromatic heterocycles. The molecule has 20 heavy (non-hydrogen) atoms. The van der Waals surface area contributed by atoms with Crippen molar-refractivity contribution in [3.8, 4) is 0 Å². The number of nitrogens with zero attached hydrogens (tertiary/aromatic N) is 1. The Labute approximate surface area is 128 Å². The van der Waals surface area contributed by atoms with Gasteiger partial charge in [0.25, 0.3) is 0 Å². The summed E-state index contributed by atoms with van der Waals surface area (Å²) in [7, 11) is 0. The summed E-state index contributed by atoms with van der Waals surface area (Å²) in [5.41, 5.74) is 8.28. The number of hydrogen-bond acceptors (Lipinski definition) is 3. The third-order valence-corrected chi connectivity index (χ3v) is 6.09. The van der Waals surface area contributed by atoms with E-state index in [1.807, 2.05) is 11.3 Å². The topological polar surface area (TPSA) is 38.9 Å². The zero-order chi connectivity index (χ0) is 15.0. The summed E-state index contributed by atoms with van der Waals surface area (Å²) >= 11 is 1.83. The molecule has 1 fully saturated rings. The molecule has 0 saturated heterocycles. The van der Waals surface area contributed by atoms with Crippen LogP contribution in [0.25, 0.3) is 0 Å². The van der Waals surface area contributed by atoms with Crippen LogP contribution in [0.4, 0.5) is 0 Å². The molecule has 1 aromatic rings. The molecule has 0 aliphatic heterocycles. The molecule has 114 valence electrons. The predicted octanol–water partition coefficient (Wildman–Crippen LogP) is 4.63. The maximum absolute atomic E-state index is 6.72. The van der Waals surface area contributed by atoms with E-state index >= 15 is 0 Å². The van der Waals surface area contributed by atoms with Crippen LogP contribution < -0.4 is 5.73 Å². The van der Waals surface area contributed by atoms with Crippen molar-refractivity contribution in [3.05, 3.63) is 15.6 Å². The Kier molecular flexibility index (Phi) is 4.60.